The Morgan fingerprint density at radius 2 is 2.10 bits per heavy atom. The zero-order valence-electron chi connectivity index (χ0n) is 11.6. The summed E-state index contributed by atoms with van der Waals surface area (Å²) in [7, 11) is -3.62. The highest BCUT2D eigenvalue weighted by Crippen LogP contribution is 2.36. The van der Waals surface area contributed by atoms with E-state index >= 15 is 0 Å². The van der Waals surface area contributed by atoms with Crippen molar-refractivity contribution in [2.45, 2.75) is 24.8 Å². The number of halogens is 1. The third kappa shape index (κ3) is 2.06. The van der Waals surface area contributed by atoms with Crippen molar-refractivity contribution < 1.29 is 12.8 Å². The third-order valence-corrected chi connectivity index (χ3v) is 6.71. The van der Waals surface area contributed by atoms with Crippen molar-refractivity contribution in [3.8, 4) is 0 Å². The van der Waals surface area contributed by atoms with Crippen molar-refractivity contribution in [1.82, 2.24) is 9.62 Å². The molecule has 3 rings (SSSR count). The highest BCUT2D eigenvalue weighted by molar-refractivity contribution is 7.89. The molecule has 0 bridgehead atoms. The molecule has 2 saturated heterocycles. The van der Waals surface area contributed by atoms with Gasteiger partial charge in [0, 0.05) is 12.6 Å². The average molecular weight is 298 g/mol. The van der Waals surface area contributed by atoms with Crippen LogP contribution in [0, 0.1) is 24.6 Å². The van der Waals surface area contributed by atoms with Gasteiger partial charge in [-0.05, 0) is 56.5 Å². The van der Waals surface area contributed by atoms with Crippen molar-refractivity contribution in [3.63, 3.8) is 0 Å². The predicted octanol–water partition coefficient (Wildman–Crippen LogP) is 1.36. The molecule has 0 aromatic heterocycles. The molecule has 0 spiro atoms. The monoisotopic (exact) mass is 298 g/mol. The van der Waals surface area contributed by atoms with Gasteiger partial charge in [-0.15, -0.1) is 0 Å². The number of rotatable bonds is 2. The zero-order chi connectivity index (χ0) is 14.5. The van der Waals surface area contributed by atoms with E-state index in [0.717, 1.165) is 19.2 Å². The van der Waals surface area contributed by atoms with Crippen LogP contribution in [0.1, 0.15) is 12.5 Å². The maximum atomic E-state index is 13.4. The topological polar surface area (TPSA) is 49.4 Å². The smallest absolute Gasteiger partial charge is 0.243 e. The highest BCUT2D eigenvalue weighted by atomic mass is 32.2. The second kappa shape index (κ2) is 4.79. The Morgan fingerprint density at radius 3 is 2.80 bits per heavy atom. The van der Waals surface area contributed by atoms with E-state index in [4.69, 9.17) is 0 Å². The van der Waals surface area contributed by atoms with Crippen LogP contribution in [-0.4, -0.2) is 38.4 Å². The molecule has 2 aliphatic heterocycles. The Morgan fingerprint density at radius 1 is 1.35 bits per heavy atom. The van der Waals surface area contributed by atoms with Gasteiger partial charge in [-0.2, -0.15) is 4.31 Å². The molecule has 110 valence electrons. The largest absolute Gasteiger partial charge is 0.316 e. The Bertz CT molecular complexity index is 632. The molecule has 1 aromatic carbocycles. The maximum Gasteiger partial charge on any atom is 0.243 e. The number of benzene rings is 1. The molecule has 6 heteroatoms. The van der Waals surface area contributed by atoms with E-state index in [2.05, 4.69) is 5.32 Å². The molecule has 1 aromatic rings. The van der Waals surface area contributed by atoms with E-state index in [0.29, 0.717) is 23.9 Å². The van der Waals surface area contributed by atoms with E-state index in [-0.39, 0.29) is 10.9 Å². The molecule has 2 fully saturated rings. The lowest BCUT2D eigenvalue weighted by atomic mass is 9.95. The fraction of sp³-hybridized carbons (Fsp3) is 0.571. The second-order valence-electron chi connectivity index (χ2n) is 5.81. The van der Waals surface area contributed by atoms with Gasteiger partial charge in [0.05, 0.1) is 4.90 Å². The number of nitrogens with zero attached hydrogens (tertiary/aromatic N) is 1. The number of sulfonamides is 1. The van der Waals surface area contributed by atoms with Crippen LogP contribution in [0.5, 0.6) is 0 Å². The molecule has 2 aliphatic rings. The summed E-state index contributed by atoms with van der Waals surface area (Å²) in [6, 6.07) is 3.90. The SMILES string of the molecule is Cc1ccc(F)cc1S(=O)(=O)N1CC2CNCC2C1C. The van der Waals surface area contributed by atoms with Crippen LogP contribution in [0.25, 0.3) is 0 Å². The first-order valence-corrected chi connectivity index (χ1v) is 8.34. The minimum Gasteiger partial charge on any atom is -0.316 e. The van der Waals surface area contributed by atoms with Crippen molar-refractivity contribution in [1.29, 1.82) is 0 Å². The Hall–Kier alpha value is -0.980. The van der Waals surface area contributed by atoms with E-state index in [1.807, 2.05) is 6.92 Å². The summed E-state index contributed by atoms with van der Waals surface area (Å²) >= 11 is 0. The van der Waals surface area contributed by atoms with E-state index in [9.17, 15) is 12.8 Å². The quantitative estimate of drug-likeness (QED) is 0.897. The first-order valence-electron chi connectivity index (χ1n) is 6.90. The first kappa shape index (κ1) is 14.0. The molecule has 3 atom stereocenters. The molecule has 0 radical (unpaired) electrons. The van der Waals surface area contributed by atoms with Gasteiger partial charge in [0.25, 0.3) is 0 Å². The van der Waals surface area contributed by atoms with E-state index < -0.39 is 15.8 Å². The number of hydrogen-bond donors (Lipinski definition) is 1. The summed E-state index contributed by atoms with van der Waals surface area (Å²) in [6.45, 7) is 5.90. The number of aryl methyl sites for hydroxylation is 1. The van der Waals surface area contributed by atoms with Crippen molar-refractivity contribution in [2.24, 2.45) is 11.8 Å². The Balaban J connectivity index is 1.98. The number of nitrogens with one attached hydrogen (secondary N) is 1. The first-order chi connectivity index (χ1) is 9.41. The zero-order valence-corrected chi connectivity index (χ0v) is 12.5. The molecule has 2 heterocycles. The molecule has 1 N–H and O–H groups in total. The van der Waals surface area contributed by atoms with Crippen LogP contribution in [0.3, 0.4) is 0 Å². The lowest BCUT2D eigenvalue weighted by Gasteiger charge is -2.24. The normalized spacial score (nSPS) is 30.6. The van der Waals surface area contributed by atoms with Crippen LogP contribution in [0.15, 0.2) is 23.1 Å². The molecular weight excluding hydrogens is 279 g/mol. The highest BCUT2D eigenvalue weighted by Gasteiger charge is 2.47. The predicted molar refractivity (Wildman–Crippen MR) is 74.3 cm³/mol. The molecule has 0 saturated carbocycles. The van der Waals surface area contributed by atoms with Crippen LogP contribution in [0.2, 0.25) is 0 Å². The van der Waals surface area contributed by atoms with Crippen LogP contribution >= 0.6 is 0 Å². The average Bonchev–Trinajstić information content (AvgIpc) is 2.96. The van der Waals surface area contributed by atoms with Gasteiger partial charge in [0.2, 0.25) is 10.0 Å². The number of hydrogen-bond acceptors (Lipinski definition) is 3. The lowest BCUT2D eigenvalue weighted by molar-refractivity contribution is 0.360. The van der Waals surface area contributed by atoms with E-state index in [1.54, 1.807) is 11.2 Å². The van der Waals surface area contributed by atoms with Crippen molar-refractivity contribution in [3.05, 3.63) is 29.6 Å². The molecular formula is C14H19FN2O2S. The van der Waals surface area contributed by atoms with E-state index in [1.165, 1.54) is 12.1 Å². The third-order valence-electron chi connectivity index (χ3n) is 4.62. The summed E-state index contributed by atoms with van der Waals surface area (Å²) in [5, 5.41) is 3.31. The van der Waals surface area contributed by atoms with Crippen molar-refractivity contribution in [2.75, 3.05) is 19.6 Å². The van der Waals surface area contributed by atoms with Gasteiger partial charge in [0.1, 0.15) is 5.82 Å². The Labute approximate surface area is 119 Å². The molecule has 0 aliphatic carbocycles. The molecule has 3 unspecified atom stereocenters. The standard InChI is InChI=1S/C14H19FN2O2S/c1-9-3-4-12(15)5-14(9)20(18,19)17-8-11-6-16-7-13(11)10(17)2/h3-5,10-11,13,16H,6-8H2,1-2H3. The summed E-state index contributed by atoms with van der Waals surface area (Å²) in [5.41, 5.74) is 0.591. The van der Waals surface area contributed by atoms with Crippen LogP contribution in [0.4, 0.5) is 4.39 Å². The number of fused-ring (bicyclic) bond motifs is 1. The Kier molecular flexibility index (Phi) is 3.35. The van der Waals surface area contributed by atoms with Gasteiger partial charge in [-0.1, -0.05) is 6.07 Å². The summed E-state index contributed by atoms with van der Waals surface area (Å²) in [4.78, 5) is 0.0947. The van der Waals surface area contributed by atoms with Gasteiger partial charge < -0.3 is 5.32 Å². The summed E-state index contributed by atoms with van der Waals surface area (Å²) in [5.74, 6) is 0.218. The van der Waals surface area contributed by atoms with Crippen LogP contribution < -0.4 is 5.32 Å². The fourth-order valence-electron chi connectivity index (χ4n) is 3.42. The maximum absolute atomic E-state index is 13.4. The van der Waals surface area contributed by atoms with Crippen molar-refractivity contribution >= 4 is 10.0 Å². The molecule has 4 nitrogen and oxygen atoms in total. The minimum atomic E-state index is -3.62. The van der Waals surface area contributed by atoms with Gasteiger partial charge >= 0.3 is 0 Å². The van der Waals surface area contributed by atoms with Gasteiger partial charge in [0.15, 0.2) is 0 Å². The second-order valence-corrected chi connectivity index (χ2v) is 7.67. The van der Waals surface area contributed by atoms with Gasteiger partial charge in [-0.3, -0.25) is 0 Å². The van der Waals surface area contributed by atoms with Gasteiger partial charge in [-0.25, -0.2) is 12.8 Å². The summed E-state index contributed by atoms with van der Waals surface area (Å²) < 4.78 is 40.5. The minimum absolute atomic E-state index is 0.0392. The van der Waals surface area contributed by atoms with Crippen LogP contribution in [-0.2, 0) is 10.0 Å². The lowest BCUT2D eigenvalue weighted by Crippen LogP contribution is -2.38. The molecule has 0 amide bonds. The fourth-order valence-corrected chi connectivity index (χ4v) is 5.39. The summed E-state index contributed by atoms with van der Waals surface area (Å²) in [6.07, 6.45) is 0. The molecule has 20 heavy (non-hydrogen) atoms.